The average molecular weight is 317 g/mol. The van der Waals surface area contributed by atoms with Crippen LogP contribution in [0.15, 0.2) is 29.3 Å². The molecule has 1 aliphatic rings. The molecule has 1 fully saturated rings. The van der Waals surface area contributed by atoms with Crippen molar-refractivity contribution in [3.05, 3.63) is 24.3 Å². The van der Waals surface area contributed by atoms with Gasteiger partial charge in [-0.15, -0.1) is 0 Å². The van der Waals surface area contributed by atoms with Crippen molar-refractivity contribution < 1.29 is 5.11 Å². The standard InChI is InChI=1S/C19H31N3O/c1-14-9-5-6-10-15(14)21-18(20-13-19(2,3)4)22-16-11-7-8-12-17(16)23/h7-8,11-12,14-15,23H,5-6,9-10,13H2,1-4H3,(H2,20,21,22). The molecule has 23 heavy (non-hydrogen) atoms. The van der Waals surface area contributed by atoms with Crippen LogP contribution in [-0.2, 0) is 0 Å². The Balaban J connectivity index is 2.12. The zero-order valence-electron chi connectivity index (χ0n) is 14.9. The molecule has 0 saturated heterocycles. The number of nitrogens with one attached hydrogen (secondary N) is 2. The topological polar surface area (TPSA) is 56.7 Å². The largest absolute Gasteiger partial charge is 0.506 e. The lowest BCUT2D eigenvalue weighted by Crippen LogP contribution is -2.44. The van der Waals surface area contributed by atoms with Gasteiger partial charge < -0.3 is 15.7 Å². The Kier molecular flexibility index (Phi) is 5.91. The fraction of sp³-hybridized carbons (Fsp3) is 0.632. The summed E-state index contributed by atoms with van der Waals surface area (Å²) >= 11 is 0. The van der Waals surface area contributed by atoms with E-state index in [1.807, 2.05) is 18.2 Å². The normalized spacial score (nSPS) is 22.7. The Morgan fingerprint density at radius 1 is 1.22 bits per heavy atom. The van der Waals surface area contributed by atoms with E-state index in [0.717, 1.165) is 12.5 Å². The second-order valence-corrected chi connectivity index (χ2v) is 7.88. The summed E-state index contributed by atoms with van der Waals surface area (Å²) in [4.78, 5) is 4.74. The molecule has 4 heteroatoms. The maximum absolute atomic E-state index is 10.0. The van der Waals surface area contributed by atoms with Gasteiger partial charge in [0, 0.05) is 12.6 Å². The molecule has 0 heterocycles. The summed E-state index contributed by atoms with van der Waals surface area (Å²) in [6.45, 7) is 9.57. The van der Waals surface area contributed by atoms with Crippen LogP contribution in [-0.4, -0.2) is 23.7 Å². The molecule has 0 amide bonds. The average Bonchev–Trinajstić information content (AvgIpc) is 2.48. The second kappa shape index (κ2) is 7.71. The smallest absolute Gasteiger partial charge is 0.196 e. The highest BCUT2D eigenvalue weighted by molar-refractivity contribution is 5.95. The number of aliphatic imine (C=N–C) groups is 1. The molecule has 0 aromatic heterocycles. The lowest BCUT2D eigenvalue weighted by molar-refractivity contribution is 0.308. The summed E-state index contributed by atoms with van der Waals surface area (Å²) in [7, 11) is 0. The van der Waals surface area contributed by atoms with Gasteiger partial charge in [-0.05, 0) is 36.3 Å². The number of phenolic OH excluding ortho intramolecular Hbond substituents is 1. The van der Waals surface area contributed by atoms with Crippen molar-refractivity contribution in [3.63, 3.8) is 0 Å². The molecule has 1 aromatic rings. The minimum atomic E-state index is 0.130. The van der Waals surface area contributed by atoms with Crippen LogP contribution in [0.1, 0.15) is 53.4 Å². The number of anilines is 1. The molecule has 2 unspecified atom stereocenters. The summed E-state index contributed by atoms with van der Waals surface area (Å²) in [5.74, 6) is 1.66. The number of aromatic hydroxyl groups is 1. The van der Waals surface area contributed by atoms with Gasteiger partial charge in [0.05, 0.1) is 5.69 Å². The number of rotatable bonds is 3. The van der Waals surface area contributed by atoms with Crippen LogP contribution in [0.25, 0.3) is 0 Å². The van der Waals surface area contributed by atoms with Gasteiger partial charge in [-0.3, -0.25) is 4.99 Å². The van der Waals surface area contributed by atoms with E-state index in [1.54, 1.807) is 6.07 Å². The number of phenols is 1. The summed E-state index contributed by atoms with van der Waals surface area (Å²) in [5, 5.41) is 16.9. The van der Waals surface area contributed by atoms with Crippen LogP contribution in [0, 0.1) is 11.3 Å². The van der Waals surface area contributed by atoms with Gasteiger partial charge in [-0.25, -0.2) is 0 Å². The zero-order chi connectivity index (χ0) is 16.9. The highest BCUT2D eigenvalue weighted by atomic mass is 16.3. The molecule has 1 aromatic carbocycles. The van der Waals surface area contributed by atoms with Gasteiger partial charge in [0.2, 0.25) is 0 Å². The Hall–Kier alpha value is -1.71. The molecule has 4 nitrogen and oxygen atoms in total. The number of benzene rings is 1. The summed E-state index contributed by atoms with van der Waals surface area (Å²) in [6, 6.07) is 7.73. The van der Waals surface area contributed by atoms with Crippen LogP contribution in [0.2, 0.25) is 0 Å². The van der Waals surface area contributed by atoms with Crippen molar-refractivity contribution in [2.24, 2.45) is 16.3 Å². The first-order chi connectivity index (χ1) is 10.8. The Bertz CT molecular complexity index is 534. The molecular weight excluding hydrogens is 286 g/mol. The first-order valence-corrected chi connectivity index (χ1v) is 8.71. The zero-order valence-corrected chi connectivity index (χ0v) is 14.9. The van der Waals surface area contributed by atoms with Gasteiger partial charge in [0.1, 0.15) is 5.75 Å². The van der Waals surface area contributed by atoms with Crippen molar-refractivity contribution in [2.45, 2.75) is 59.4 Å². The van der Waals surface area contributed by atoms with E-state index in [9.17, 15) is 5.11 Å². The molecule has 1 saturated carbocycles. The van der Waals surface area contributed by atoms with Gasteiger partial charge in [0.15, 0.2) is 5.96 Å². The van der Waals surface area contributed by atoms with E-state index in [0.29, 0.717) is 17.6 Å². The third-order valence-electron chi connectivity index (χ3n) is 4.30. The van der Waals surface area contributed by atoms with E-state index >= 15 is 0 Å². The van der Waals surface area contributed by atoms with Gasteiger partial charge in [0.25, 0.3) is 0 Å². The Morgan fingerprint density at radius 3 is 2.57 bits per heavy atom. The quantitative estimate of drug-likeness (QED) is 0.441. The monoisotopic (exact) mass is 317 g/mol. The van der Waals surface area contributed by atoms with E-state index in [4.69, 9.17) is 4.99 Å². The van der Waals surface area contributed by atoms with Gasteiger partial charge in [-0.2, -0.15) is 0 Å². The van der Waals surface area contributed by atoms with E-state index < -0.39 is 0 Å². The van der Waals surface area contributed by atoms with E-state index in [1.165, 1.54) is 25.7 Å². The van der Waals surface area contributed by atoms with Crippen LogP contribution in [0.5, 0.6) is 5.75 Å². The van der Waals surface area contributed by atoms with Gasteiger partial charge in [-0.1, -0.05) is 52.7 Å². The highest BCUT2D eigenvalue weighted by Gasteiger charge is 2.22. The predicted octanol–water partition coefficient (Wildman–Crippen LogP) is 4.37. The minimum absolute atomic E-state index is 0.130. The molecular formula is C19H31N3O. The SMILES string of the molecule is CC1CCCCC1NC(=NCC(C)(C)C)Nc1ccccc1O. The van der Waals surface area contributed by atoms with Crippen LogP contribution in [0.4, 0.5) is 5.69 Å². The Labute approximate surface area is 140 Å². The maximum atomic E-state index is 10.0. The lowest BCUT2D eigenvalue weighted by Gasteiger charge is -2.31. The minimum Gasteiger partial charge on any atom is -0.506 e. The van der Waals surface area contributed by atoms with E-state index in [-0.39, 0.29) is 11.2 Å². The summed E-state index contributed by atoms with van der Waals surface area (Å²) in [6.07, 6.45) is 5.03. The molecule has 0 spiro atoms. The number of para-hydroxylation sites is 2. The number of guanidine groups is 1. The third-order valence-corrected chi connectivity index (χ3v) is 4.30. The predicted molar refractivity (Wildman–Crippen MR) is 98.0 cm³/mol. The second-order valence-electron chi connectivity index (χ2n) is 7.88. The molecule has 2 atom stereocenters. The van der Waals surface area contributed by atoms with Crippen molar-refractivity contribution in [3.8, 4) is 5.75 Å². The van der Waals surface area contributed by atoms with Crippen molar-refractivity contribution in [2.75, 3.05) is 11.9 Å². The van der Waals surface area contributed by atoms with Crippen molar-refractivity contribution >= 4 is 11.6 Å². The molecule has 0 radical (unpaired) electrons. The first-order valence-electron chi connectivity index (χ1n) is 8.71. The lowest BCUT2D eigenvalue weighted by atomic mass is 9.86. The number of hydrogen-bond acceptors (Lipinski definition) is 2. The number of nitrogens with zero attached hydrogens (tertiary/aromatic N) is 1. The van der Waals surface area contributed by atoms with Crippen molar-refractivity contribution in [1.29, 1.82) is 0 Å². The highest BCUT2D eigenvalue weighted by Crippen LogP contribution is 2.25. The molecule has 2 rings (SSSR count). The fourth-order valence-electron chi connectivity index (χ4n) is 2.85. The molecule has 0 aliphatic heterocycles. The summed E-state index contributed by atoms with van der Waals surface area (Å²) < 4.78 is 0. The first kappa shape index (κ1) is 17.6. The molecule has 0 bridgehead atoms. The molecule has 128 valence electrons. The molecule has 1 aliphatic carbocycles. The van der Waals surface area contributed by atoms with Crippen molar-refractivity contribution in [1.82, 2.24) is 5.32 Å². The fourth-order valence-corrected chi connectivity index (χ4v) is 2.85. The summed E-state index contributed by atoms with van der Waals surface area (Å²) in [5.41, 5.74) is 0.821. The van der Waals surface area contributed by atoms with Crippen LogP contribution >= 0.6 is 0 Å². The number of hydrogen-bond donors (Lipinski definition) is 3. The maximum Gasteiger partial charge on any atom is 0.196 e. The van der Waals surface area contributed by atoms with Crippen LogP contribution < -0.4 is 10.6 Å². The molecule has 3 N–H and O–H groups in total. The third kappa shape index (κ3) is 5.77. The Morgan fingerprint density at radius 2 is 1.91 bits per heavy atom. The van der Waals surface area contributed by atoms with Gasteiger partial charge >= 0.3 is 0 Å². The van der Waals surface area contributed by atoms with E-state index in [2.05, 4.69) is 38.3 Å². The van der Waals surface area contributed by atoms with Crippen LogP contribution in [0.3, 0.4) is 0 Å².